The van der Waals surface area contributed by atoms with Crippen molar-refractivity contribution in [3.05, 3.63) is 65.2 Å². The van der Waals surface area contributed by atoms with Crippen LogP contribution >= 0.6 is 0 Å². The number of nitrogens with one attached hydrogen (secondary N) is 1. The van der Waals surface area contributed by atoms with E-state index in [1.807, 2.05) is 19.1 Å². The number of hydrogen-bond donors (Lipinski definition) is 1. The Hall–Kier alpha value is -2.17. The molecule has 1 aliphatic rings. The van der Waals surface area contributed by atoms with Crippen LogP contribution in [-0.4, -0.2) is 48.4 Å². The number of anilines is 1. The van der Waals surface area contributed by atoms with Crippen molar-refractivity contribution < 1.29 is 4.79 Å². The minimum atomic E-state index is 0.0743. The van der Waals surface area contributed by atoms with E-state index in [0.29, 0.717) is 6.54 Å². The highest BCUT2D eigenvalue weighted by Crippen LogP contribution is 2.18. The van der Waals surface area contributed by atoms with E-state index in [9.17, 15) is 4.79 Å². The molecule has 1 amide bonds. The lowest BCUT2D eigenvalue weighted by atomic mass is 10.1. The van der Waals surface area contributed by atoms with Crippen LogP contribution in [0.25, 0.3) is 0 Å². The Kier molecular flexibility index (Phi) is 5.84. The zero-order valence-corrected chi connectivity index (χ0v) is 15.2. The summed E-state index contributed by atoms with van der Waals surface area (Å²) in [4.78, 5) is 17.0. The van der Waals surface area contributed by atoms with Crippen molar-refractivity contribution in [1.82, 2.24) is 9.80 Å². The van der Waals surface area contributed by atoms with Crippen molar-refractivity contribution >= 4 is 11.6 Å². The van der Waals surface area contributed by atoms with Crippen molar-refractivity contribution in [1.29, 1.82) is 0 Å². The van der Waals surface area contributed by atoms with Gasteiger partial charge in [0.05, 0.1) is 6.54 Å². The molecule has 1 N–H and O–H groups in total. The van der Waals surface area contributed by atoms with Crippen LogP contribution in [0.3, 0.4) is 0 Å². The molecule has 0 spiro atoms. The Bertz CT molecular complexity index is 706. The zero-order valence-electron chi connectivity index (χ0n) is 15.2. The number of piperazine rings is 1. The van der Waals surface area contributed by atoms with Gasteiger partial charge in [0.2, 0.25) is 5.91 Å². The summed E-state index contributed by atoms with van der Waals surface area (Å²) >= 11 is 0. The van der Waals surface area contributed by atoms with Crippen LogP contribution in [0.2, 0.25) is 0 Å². The van der Waals surface area contributed by atoms with E-state index in [-0.39, 0.29) is 5.91 Å². The Labute approximate surface area is 150 Å². The fourth-order valence-electron chi connectivity index (χ4n) is 3.23. The van der Waals surface area contributed by atoms with Crippen molar-refractivity contribution in [2.45, 2.75) is 20.4 Å². The Morgan fingerprint density at radius 1 is 0.920 bits per heavy atom. The molecular weight excluding hydrogens is 310 g/mol. The maximum atomic E-state index is 12.4. The number of benzene rings is 2. The summed E-state index contributed by atoms with van der Waals surface area (Å²) in [7, 11) is 0. The summed E-state index contributed by atoms with van der Waals surface area (Å²) in [6, 6.07) is 16.6. The molecule has 2 aromatic carbocycles. The van der Waals surface area contributed by atoms with Gasteiger partial charge >= 0.3 is 0 Å². The van der Waals surface area contributed by atoms with Crippen molar-refractivity contribution in [2.75, 3.05) is 38.0 Å². The third-order valence-electron chi connectivity index (χ3n) is 4.96. The lowest BCUT2D eigenvalue weighted by Gasteiger charge is -2.34. The summed E-state index contributed by atoms with van der Waals surface area (Å²) in [5, 5.41) is 3.06. The topological polar surface area (TPSA) is 35.6 Å². The Balaban J connectivity index is 1.45. The minimum absolute atomic E-state index is 0.0743. The SMILES string of the molecule is Cc1cccc(NC(=O)CN2CCN(Cc3ccccc3)CC2)c1C. The standard InChI is InChI=1S/C21H27N3O/c1-17-7-6-10-20(18(17)2)22-21(25)16-24-13-11-23(12-14-24)15-19-8-4-3-5-9-19/h3-10H,11-16H2,1-2H3,(H,22,25). The van der Waals surface area contributed by atoms with Gasteiger partial charge in [-0.2, -0.15) is 0 Å². The maximum absolute atomic E-state index is 12.4. The van der Waals surface area contributed by atoms with Crippen molar-refractivity contribution in [3.8, 4) is 0 Å². The number of aryl methyl sites for hydroxylation is 1. The molecule has 1 fully saturated rings. The minimum Gasteiger partial charge on any atom is -0.325 e. The van der Waals surface area contributed by atoms with E-state index in [1.165, 1.54) is 11.1 Å². The number of carbonyl (C=O) groups is 1. The van der Waals surface area contributed by atoms with Crippen LogP contribution in [0.15, 0.2) is 48.5 Å². The second kappa shape index (κ2) is 8.28. The average molecular weight is 337 g/mol. The Morgan fingerprint density at radius 3 is 2.32 bits per heavy atom. The van der Waals surface area contributed by atoms with Crippen LogP contribution in [-0.2, 0) is 11.3 Å². The van der Waals surface area contributed by atoms with Crippen LogP contribution in [0, 0.1) is 13.8 Å². The molecule has 0 radical (unpaired) electrons. The maximum Gasteiger partial charge on any atom is 0.238 e. The number of carbonyl (C=O) groups excluding carboxylic acids is 1. The van der Waals surface area contributed by atoms with Gasteiger partial charge in [0.25, 0.3) is 0 Å². The molecule has 132 valence electrons. The first-order chi connectivity index (χ1) is 12.1. The molecule has 0 unspecified atom stereocenters. The smallest absolute Gasteiger partial charge is 0.238 e. The molecule has 1 aliphatic heterocycles. The van der Waals surface area contributed by atoms with Crippen LogP contribution in [0.5, 0.6) is 0 Å². The monoisotopic (exact) mass is 337 g/mol. The molecule has 4 nitrogen and oxygen atoms in total. The van der Waals surface area contributed by atoms with Gasteiger partial charge in [-0.25, -0.2) is 0 Å². The summed E-state index contributed by atoms with van der Waals surface area (Å²) in [5.41, 5.74) is 4.62. The quantitative estimate of drug-likeness (QED) is 0.911. The lowest BCUT2D eigenvalue weighted by Crippen LogP contribution is -2.48. The zero-order chi connectivity index (χ0) is 17.6. The number of nitrogens with zero attached hydrogens (tertiary/aromatic N) is 2. The molecule has 0 atom stereocenters. The third-order valence-corrected chi connectivity index (χ3v) is 4.96. The van der Waals surface area contributed by atoms with Gasteiger partial charge in [0, 0.05) is 38.4 Å². The summed E-state index contributed by atoms with van der Waals surface area (Å²) < 4.78 is 0. The largest absolute Gasteiger partial charge is 0.325 e. The van der Waals surface area contributed by atoms with E-state index in [0.717, 1.165) is 44.0 Å². The first-order valence-corrected chi connectivity index (χ1v) is 8.96. The predicted octanol–water partition coefficient (Wildman–Crippen LogP) is 3.06. The molecule has 25 heavy (non-hydrogen) atoms. The van der Waals surface area contributed by atoms with Crippen molar-refractivity contribution in [2.24, 2.45) is 0 Å². The van der Waals surface area contributed by atoms with Gasteiger partial charge in [-0.15, -0.1) is 0 Å². The molecule has 2 aromatic rings. The van der Waals surface area contributed by atoms with E-state index in [4.69, 9.17) is 0 Å². The molecular formula is C21H27N3O. The summed E-state index contributed by atoms with van der Waals surface area (Å²) in [6.07, 6.45) is 0. The predicted molar refractivity (Wildman–Crippen MR) is 103 cm³/mol. The molecule has 1 heterocycles. The second-order valence-electron chi connectivity index (χ2n) is 6.83. The van der Waals surface area contributed by atoms with Gasteiger partial charge < -0.3 is 5.32 Å². The van der Waals surface area contributed by atoms with Gasteiger partial charge in [-0.05, 0) is 36.6 Å². The first kappa shape index (κ1) is 17.6. The molecule has 0 aliphatic carbocycles. The molecule has 3 rings (SSSR count). The van der Waals surface area contributed by atoms with Gasteiger partial charge in [-0.3, -0.25) is 14.6 Å². The number of rotatable bonds is 5. The Morgan fingerprint density at radius 2 is 1.60 bits per heavy atom. The third kappa shape index (κ3) is 4.91. The van der Waals surface area contributed by atoms with Crippen molar-refractivity contribution in [3.63, 3.8) is 0 Å². The number of hydrogen-bond acceptors (Lipinski definition) is 3. The fraction of sp³-hybridized carbons (Fsp3) is 0.381. The first-order valence-electron chi connectivity index (χ1n) is 8.96. The van der Waals surface area contributed by atoms with E-state index >= 15 is 0 Å². The fourth-order valence-corrected chi connectivity index (χ4v) is 3.23. The molecule has 0 saturated carbocycles. The summed E-state index contributed by atoms with van der Waals surface area (Å²) in [5.74, 6) is 0.0743. The van der Waals surface area contributed by atoms with Crippen LogP contribution in [0.1, 0.15) is 16.7 Å². The summed E-state index contributed by atoms with van der Waals surface area (Å²) in [6.45, 7) is 9.46. The molecule has 4 heteroatoms. The van der Waals surface area contributed by atoms with Crippen LogP contribution in [0.4, 0.5) is 5.69 Å². The van der Waals surface area contributed by atoms with E-state index in [1.54, 1.807) is 0 Å². The average Bonchev–Trinajstić information content (AvgIpc) is 2.62. The van der Waals surface area contributed by atoms with Crippen LogP contribution < -0.4 is 5.32 Å². The highest BCUT2D eigenvalue weighted by atomic mass is 16.2. The number of amides is 1. The van der Waals surface area contributed by atoms with E-state index in [2.05, 4.69) is 58.4 Å². The van der Waals surface area contributed by atoms with E-state index < -0.39 is 0 Å². The lowest BCUT2D eigenvalue weighted by molar-refractivity contribution is -0.117. The highest BCUT2D eigenvalue weighted by molar-refractivity contribution is 5.93. The van der Waals surface area contributed by atoms with Gasteiger partial charge in [0.1, 0.15) is 0 Å². The molecule has 0 bridgehead atoms. The normalized spacial score (nSPS) is 15.9. The molecule has 0 aromatic heterocycles. The van der Waals surface area contributed by atoms with Gasteiger partial charge in [0.15, 0.2) is 0 Å². The molecule has 1 saturated heterocycles. The van der Waals surface area contributed by atoms with Gasteiger partial charge in [-0.1, -0.05) is 42.5 Å². The highest BCUT2D eigenvalue weighted by Gasteiger charge is 2.19. The second-order valence-corrected chi connectivity index (χ2v) is 6.83.